The highest BCUT2D eigenvalue weighted by molar-refractivity contribution is 6.25. The van der Waals surface area contributed by atoms with Crippen LogP contribution < -0.4 is 0 Å². The second kappa shape index (κ2) is 11.1. The SMILES string of the molecule is [2H]c1c([2H])c([2H])c(-c2ccc3c(c2)oc2cccc(-c4c5ccccc5c(-c5ccc(-c6c([2H])c([2H])c7c([2H])c([2H])c([2H])c([2H])c7c6[2H])cc5)c5ccccc45)c23)c([2H])c1[2H]. The number of benzene rings is 9. The molecule has 0 radical (unpaired) electrons. The van der Waals surface area contributed by atoms with Gasteiger partial charge in [0, 0.05) is 10.8 Å². The first-order chi connectivity index (χ1) is 29.3. The van der Waals surface area contributed by atoms with Crippen molar-refractivity contribution in [2.45, 2.75) is 0 Å². The van der Waals surface area contributed by atoms with Gasteiger partial charge in [0.15, 0.2) is 0 Å². The summed E-state index contributed by atoms with van der Waals surface area (Å²) in [5.74, 6) is 0. The smallest absolute Gasteiger partial charge is 0.136 e. The lowest BCUT2D eigenvalue weighted by Crippen LogP contribution is -1.91. The Morgan fingerprint density at radius 2 is 1.02 bits per heavy atom. The summed E-state index contributed by atoms with van der Waals surface area (Å²) in [5, 5.41) is 5.32. The van der Waals surface area contributed by atoms with Gasteiger partial charge in [-0.05, 0) is 101 Å². The molecule has 1 heterocycles. The lowest BCUT2D eigenvalue weighted by Gasteiger charge is -2.18. The van der Waals surface area contributed by atoms with Crippen molar-refractivity contribution in [1.29, 1.82) is 0 Å². The first-order valence-corrected chi connectivity index (χ1v) is 15.9. The molecule has 0 N–H and O–H groups in total. The predicted molar refractivity (Wildman–Crippen MR) is 208 cm³/mol. The summed E-state index contributed by atoms with van der Waals surface area (Å²) < 4.78 is 108. The van der Waals surface area contributed by atoms with E-state index in [1.807, 2.05) is 54.6 Å². The number of furan rings is 1. The molecule has 0 aliphatic rings. The lowest BCUT2D eigenvalue weighted by atomic mass is 9.84. The fourth-order valence-electron chi connectivity index (χ4n) is 7.04. The van der Waals surface area contributed by atoms with E-state index in [0.717, 1.165) is 54.6 Å². The molecule has 0 aliphatic heterocycles. The summed E-state index contributed by atoms with van der Waals surface area (Å²) in [4.78, 5) is 0. The summed E-state index contributed by atoms with van der Waals surface area (Å²) in [7, 11) is 0. The third-order valence-electron chi connectivity index (χ3n) is 9.20. The minimum atomic E-state index is -0.508. The molecule has 0 saturated carbocycles. The van der Waals surface area contributed by atoms with Crippen LogP contribution in [0.5, 0.6) is 0 Å². The molecule has 0 spiro atoms. The Morgan fingerprint density at radius 1 is 0.388 bits per heavy atom. The number of fused-ring (bicyclic) bond motifs is 6. The van der Waals surface area contributed by atoms with Crippen LogP contribution in [0.2, 0.25) is 0 Å². The van der Waals surface area contributed by atoms with Crippen molar-refractivity contribution in [1.82, 2.24) is 0 Å². The minimum absolute atomic E-state index is 0.0893. The highest BCUT2D eigenvalue weighted by Gasteiger charge is 2.20. The second-order valence-electron chi connectivity index (χ2n) is 11.9. The molecule has 9 aromatic carbocycles. The number of rotatable bonds is 4. The predicted octanol–water partition coefficient (Wildman–Crippen LogP) is 13.7. The van der Waals surface area contributed by atoms with E-state index < -0.39 is 42.3 Å². The molecule has 0 unspecified atom stereocenters. The van der Waals surface area contributed by atoms with E-state index in [-0.39, 0.29) is 52.1 Å². The van der Waals surface area contributed by atoms with Crippen molar-refractivity contribution in [2.24, 2.45) is 0 Å². The van der Waals surface area contributed by atoms with Crippen molar-refractivity contribution in [3.63, 3.8) is 0 Å². The zero-order valence-corrected chi connectivity index (χ0v) is 25.8. The first-order valence-electron chi connectivity index (χ1n) is 21.9. The summed E-state index contributed by atoms with van der Waals surface area (Å²) in [5.41, 5.74) is 5.99. The molecule has 10 rings (SSSR count). The molecule has 1 aromatic heterocycles. The van der Waals surface area contributed by atoms with Gasteiger partial charge in [0.2, 0.25) is 0 Å². The normalized spacial score (nSPS) is 15.1. The van der Waals surface area contributed by atoms with E-state index in [4.69, 9.17) is 20.9 Å². The lowest BCUT2D eigenvalue weighted by molar-refractivity contribution is 0.669. The molecular formula is C48H30O. The first kappa shape index (κ1) is 18.2. The molecule has 0 amide bonds. The summed E-state index contributed by atoms with van der Waals surface area (Å²) >= 11 is 0. The van der Waals surface area contributed by atoms with Crippen LogP contribution >= 0.6 is 0 Å². The van der Waals surface area contributed by atoms with Gasteiger partial charge in [-0.1, -0.05) is 157 Å². The van der Waals surface area contributed by atoms with Crippen LogP contribution in [0.4, 0.5) is 0 Å². The Kier molecular flexibility index (Phi) is 4.11. The van der Waals surface area contributed by atoms with Gasteiger partial charge in [-0.15, -0.1) is 0 Å². The van der Waals surface area contributed by atoms with E-state index >= 15 is 0 Å². The topological polar surface area (TPSA) is 13.1 Å². The van der Waals surface area contributed by atoms with Crippen LogP contribution in [0, 0.1) is 0 Å². The molecule has 1 heteroatoms. The highest BCUT2D eigenvalue weighted by atomic mass is 16.3. The monoisotopic (exact) mass is 634 g/mol. The van der Waals surface area contributed by atoms with E-state index in [1.165, 1.54) is 0 Å². The summed E-state index contributed by atoms with van der Waals surface area (Å²) in [6.07, 6.45) is 0. The third kappa shape index (κ3) is 4.47. The molecule has 0 saturated heterocycles. The zero-order chi connectivity index (χ0) is 42.8. The van der Waals surface area contributed by atoms with Crippen molar-refractivity contribution < 1.29 is 20.9 Å². The third-order valence-corrected chi connectivity index (χ3v) is 9.20. The largest absolute Gasteiger partial charge is 0.456 e. The average molecular weight is 635 g/mol. The van der Waals surface area contributed by atoms with Crippen LogP contribution in [-0.2, 0) is 0 Å². The maximum atomic E-state index is 9.05. The molecule has 0 atom stereocenters. The van der Waals surface area contributed by atoms with Crippen LogP contribution in [-0.4, -0.2) is 0 Å². The molecule has 10 aromatic rings. The standard InChI is InChI=1S/C48H30O/c1-2-11-31(12-3-1)37-27-28-42-45(30-37)49-44-20-10-19-43(48(42)44)47-40-17-8-6-15-38(40)46(39-16-7-9-18-41(39)47)34-24-21-33(22-25-34)36-26-23-32-13-4-5-14-35(32)29-36/h1-30H/i1D,2D,3D,4D,5D,11D,12D,13D,14D,23D,26D,29D. The number of hydrogen-bond acceptors (Lipinski definition) is 1. The summed E-state index contributed by atoms with van der Waals surface area (Å²) in [6.45, 7) is 0. The Balaban J connectivity index is 1.16. The van der Waals surface area contributed by atoms with Gasteiger partial charge in [0.25, 0.3) is 0 Å². The Labute approximate surface area is 301 Å². The zero-order valence-electron chi connectivity index (χ0n) is 37.8. The van der Waals surface area contributed by atoms with Crippen molar-refractivity contribution >= 4 is 54.3 Å². The molecule has 49 heavy (non-hydrogen) atoms. The fraction of sp³-hybridized carbons (Fsp3) is 0. The summed E-state index contributed by atoms with van der Waals surface area (Å²) in [6, 6.07) is 30.3. The quantitative estimate of drug-likeness (QED) is 0.176. The Bertz CT molecular complexity index is 3470. The van der Waals surface area contributed by atoms with Crippen molar-refractivity contribution in [2.75, 3.05) is 0 Å². The van der Waals surface area contributed by atoms with Gasteiger partial charge in [0.05, 0.1) is 16.4 Å². The Hall–Kier alpha value is -6.44. The van der Waals surface area contributed by atoms with Crippen LogP contribution in [0.15, 0.2) is 186 Å². The highest BCUT2D eigenvalue weighted by Crippen LogP contribution is 2.47. The molecule has 1 nitrogen and oxygen atoms in total. The maximum absolute atomic E-state index is 9.05. The molecule has 0 bridgehead atoms. The van der Waals surface area contributed by atoms with Gasteiger partial charge < -0.3 is 4.42 Å². The van der Waals surface area contributed by atoms with E-state index in [2.05, 4.69) is 30.3 Å². The van der Waals surface area contributed by atoms with Crippen molar-refractivity contribution in [3.8, 4) is 44.5 Å². The van der Waals surface area contributed by atoms with Gasteiger partial charge in [-0.2, -0.15) is 0 Å². The van der Waals surface area contributed by atoms with Gasteiger partial charge in [-0.3, -0.25) is 0 Å². The van der Waals surface area contributed by atoms with Crippen LogP contribution in [0.1, 0.15) is 16.4 Å². The molecule has 0 fully saturated rings. The van der Waals surface area contributed by atoms with E-state index in [0.29, 0.717) is 22.3 Å². The fourth-order valence-corrected chi connectivity index (χ4v) is 7.04. The van der Waals surface area contributed by atoms with Crippen LogP contribution in [0.3, 0.4) is 0 Å². The van der Waals surface area contributed by atoms with E-state index in [1.54, 1.807) is 24.3 Å². The van der Waals surface area contributed by atoms with Crippen molar-refractivity contribution in [3.05, 3.63) is 182 Å². The maximum Gasteiger partial charge on any atom is 0.136 e. The average Bonchev–Trinajstić information content (AvgIpc) is 3.65. The van der Waals surface area contributed by atoms with Crippen LogP contribution in [0.25, 0.3) is 98.8 Å². The minimum Gasteiger partial charge on any atom is -0.456 e. The number of hydrogen-bond donors (Lipinski definition) is 0. The molecule has 228 valence electrons. The molecule has 0 aliphatic carbocycles. The Morgan fingerprint density at radius 3 is 1.76 bits per heavy atom. The second-order valence-corrected chi connectivity index (χ2v) is 11.9. The molecular weight excluding hydrogens is 593 g/mol. The van der Waals surface area contributed by atoms with Gasteiger partial charge in [0.1, 0.15) is 11.2 Å². The van der Waals surface area contributed by atoms with Gasteiger partial charge in [-0.25, -0.2) is 0 Å². The van der Waals surface area contributed by atoms with Gasteiger partial charge >= 0.3 is 0 Å². The van der Waals surface area contributed by atoms with E-state index in [9.17, 15) is 0 Å².